The Hall–Kier alpha value is -1.44. The number of benzene rings is 1. The number of rotatable bonds is 6. The molecule has 0 amide bonds. The van der Waals surface area contributed by atoms with Crippen LogP contribution in [0.1, 0.15) is 16.7 Å². The van der Waals surface area contributed by atoms with Crippen LogP contribution in [0.3, 0.4) is 0 Å². The van der Waals surface area contributed by atoms with Crippen LogP contribution in [0.15, 0.2) is 35.0 Å². The Bertz CT molecular complexity index is 714. The second-order valence-corrected chi connectivity index (χ2v) is 8.25. The first-order valence-electron chi connectivity index (χ1n) is 9.84. The van der Waals surface area contributed by atoms with Gasteiger partial charge in [-0.3, -0.25) is 14.7 Å². The highest BCUT2D eigenvalue weighted by atomic mass is 32.1. The van der Waals surface area contributed by atoms with E-state index in [9.17, 15) is 0 Å². The lowest BCUT2D eigenvalue weighted by Gasteiger charge is -2.34. The Morgan fingerprint density at radius 1 is 0.926 bits per heavy atom. The summed E-state index contributed by atoms with van der Waals surface area (Å²) in [4.78, 5) is 7.32. The third kappa shape index (κ3) is 5.09. The molecule has 6 heteroatoms. The molecule has 3 heterocycles. The number of aliphatic hydroxyl groups excluding tert-OH is 1. The molecule has 1 aromatic carbocycles. The minimum Gasteiger partial charge on any atom is -0.492 e. The molecule has 1 aromatic heterocycles. The van der Waals surface area contributed by atoms with Crippen LogP contribution in [0.25, 0.3) is 0 Å². The first kappa shape index (κ1) is 18.9. The highest BCUT2D eigenvalue weighted by Gasteiger charge is 2.19. The first-order valence-corrected chi connectivity index (χ1v) is 10.8. The molecule has 5 nitrogen and oxygen atoms in total. The van der Waals surface area contributed by atoms with Gasteiger partial charge >= 0.3 is 0 Å². The number of hydrogen-bond donors (Lipinski definition) is 1. The average Bonchev–Trinajstić information content (AvgIpc) is 3.10. The first-order chi connectivity index (χ1) is 13.3. The number of ether oxygens (including phenoxy) is 1. The molecule has 0 saturated carbocycles. The molecule has 2 aliphatic rings. The number of nitrogens with zero attached hydrogens (tertiary/aromatic N) is 3. The molecule has 27 heavy (non-hydrogen) atoms. The smallest absolute Gasteiger partial charge is 0.123 e. The molecule has 0 bridgehead atoms. The third-order valence-electron chi connectivity index (χ3n) is 5.46. The lowest BCUT2D eigenvalue weighted by atomic mass is 10.1. The van der Waals surface area contributed by atoms with E-state index in [0.29, 0.717) is 0 Å². The topological polar surface area (TPSA) is 39.2 Å². The molecule has 1 fully saturated rings. The number of aliphatic hydroxyl groups is 1. The molecule has 0 atom stereocenters. The van der Waals surface area contributed by atoms with Gasteiger partial charge in [0.1, 0.15) is 12.4 Å². The van der Waals surface area contributed by atoms with Crippen LogP contribution in [0.5, 0.6) is 5.75 Å². The minimum absolute atomic E-state index is 0.257. The van der Waals surface area contributed by atoms with E-state index in [-0.39, 0.29) is 6.61 Å². The van der Waals surface area contributed by atoms with Gasteiger partial charge in [-0.15, -0.1) is 0 Å². The van der Waals surface area contributed by atoms with Gasteiger partial charge in [0.2, 0.25) is 0 Å². The highest BCUT2D eigenvalue weighted by Crippen LogP contribution is 2.26. The Labute approximate surface area is 165 Å². The maximum atomic E-state index is 9.09. The normalized spacial score (nSPS) is 19.4. The van der Waals surface area contributed by atoms with Gasteiger partial charge in [0.25, 0.3) is 0 Å². The predicted molar refractivity (Wildman–Crippen MR) is 109 cm³/mol. The fourth-order valence-electron chi connectivity index (χ4n) is 3.95. The van der Waals surface area contributed by atoms with Crippen molar-refractivity contribution in [3.8, 4) is 5.75 Å². The molecule has 2 aromatic rings. The predicted octanol–water partition coefficient (Wildman–Crippen LogP) is 2.25. The standard InChI is InChI=1S/C21H29N3O2S/c25-10-8-22-4-6-23(7-5-22)14-18-1-2-21-20(13-18)16-24(9-11-26-21)15-19-3-12-27-17-19/h1-3,12-13,17,25H,4-11,14-16H2. The van der Waals surface area contributed by atoms with Crippen molar-refractivity contribution >= 4 is 11.3 Å². The third-order valence-corrected chi connectivity index (χ3v) is 6.19. The Kier molecular flexibility index (Phi) is 6.42. The minimum atomic E-state index is 0.257. The largest absolute Gasteiger partial charge is 0.492 e. The van der Waals surface area contributed by atoms with Crippen LogP contribution in [-0.2, 0) is 19.6 Å². The zero-order chi connectivity index (χ0) is 18.5. The van der Waals surface area contributed by atoms with Crippen LogP contribution in [0.2, 0.25) is 0 Å². The summed E-state index contributed by atoms with van der Waals surface area (Å²) in [6.45, 7) is 9.92. The summed E-state index contributed by atoms with van der Waals surface area (Å²) in [5.74, 6) is 1.04. The molecule has 2 aliphatic heterocycles. The number of hydrogen-bond acceptors (Lipinski definition) is 6. The maximum Gasteiger partial charge on any atom is 0.123 e. The van der Waals surface area contributed by atoms with Crippen molar-refractivity contribution in [3.63, 3.8) is 0 Å². The number of thiophene rings is 1. The zero-order valence-corrected chi connectivity index (χ0v) is 16.7. The fourth-order valence-corrected chi connectivity index (χ4v) is 4.61. The lowest BCUT2D eigenvalue weighted by molar-refractivity contribution is 0.108. The van der Waals surface area contributed by atoms with Gasteiger partial charge in [0, 0.05) is 64.5 Å². The van der Waals surface area contributed by atoms with Crippen LogP contribution in [0.4, 0.5) is 0 Å². The maximum absolute atomic E-state index is 9.09. The van der Waals surface area contributed by atoms with E-state index in [1.165, 1.54) is 16.7 Å². The van der Waals surface area contributed by atoms with Crippen molar-refractivity contribution in [2.45, 2.75) is 19.6 Å². The van der Waals surface area contributed by atoms with Gasteiger partial charge in [0.15, 0.2) is 0 Å². The summed E-state index contributed by atoms with van der Waals surface area (Å²) < 4.78 is 6.00. The van der Waals surface area contributed by atoms with Crippen LogP contribution >= 0.6 is 11.3 Å². The van der Waals surface area contributed by atoms with Crippen molar-refractivity contribution in [2.24, 2.45) is 0 Å². The molecule has 1 N–H and O–H groups in total. The second-order valence-electron chi connectivity index (χ2n) is 7.47. The molecular formula is C21H29N3O2S. The highest BCUT2D eigenvalue weighted by molar-refractivity contribution is 7.07. The molecule has 4 rings (SSSR count). The SMILES string of the molecule is OCCN1CCN(Cc2ccc3c(c2)CN(Cc2ccsc2)CCO3)CC1. The van der Waals surface area contributed by atoms with Gasteiger partial charge in [-0.05, 0) is 40.1 Å². The van der Waals surface area contributed by atoms with E-state index in [0.717, 1.165) is 71.3 Å². The van der Waals surface area contributed by atoms with E-state index in [2.05, 4.69) is 49.7 Å². The van der Waals surface area contributed by atoms with E-state index >= 15 is 0 Å². The monoisotopic (exact) mass is 387 g/mol. The summed E-state index contributed by atoms with van der Waals surface area (Å²) in [5, 5.41) is 13.5. The van der Waals surface area contributed by atoms with Crippen LogP contribution in [0, 0.1) is 0 Å². The number of fused-ring (bicyclic) bond motifs is 1. The summed E-state index contributed by atoms with van der Waals surface area (Å²) >= 11 is 1.76. The van der Waals surface area contributed by atoms with Crippen molar-refractivity contribution < 1.29 is 9.84 Å². The number of β-amino-alcohol motifs (C(OH)–C–C–N with tert-alkyl or cyclic N) is 1. The van der Waals surface area contributed by atoms with E-state index in [1.54, 1.807) is 11.3 Å². The summed E-state index contributed by atoms with van der Waals surface area (Å²) in [7, 11) is 0. The van der Waals surface area contributed by atoms with E-state index in [4.69, 9.17) is 9.84 Å². The molecular weight excluding hydrogens is 358 g/mol. The molecule has 1 saturated heterocycles. The Morgan fingerprint density at radius 3 is 2.52 bits per heavy atom. The van der Waals surface area contributed by atoms with Gasteiger partial charge in [-0.25, -0.2) is 0 Å². The summed E-state index contributed by atoms with van der Waals surface area (Å²) in [6, 6.07) is 8.92. The quantitative estimate of drug-likeness (QED) is 0.823. The molecule has 0 unspecified atom stereocenters. The average molecular weight is 388 g/mol. The van der Waals surface area contributed by atoms with Gasteiger partial charge < -0.3 is 9.84 Å². The van der Waals surface area contributed by atoms with Crippen molar-refractivity contribution in [2.75, 3.05) is 52.5 Å². The second kappa shape index (κ2) is 9.17. The molecule has 146 valence electrons. The Balaban J connectivity index is 1.38. The van der Waals surface area contributed by atoms with E-state index < -0.39 is 0 Å². The fraction of sp³-hybridized carbons (Fsp3) is 0.524. The molecule has 0 aliphatic carbocycles. The number of piperazine rings is 1. The lowest BCUT2D eigenvalue weighted by Crippen LogP contribution is -2.46. The van der Waals surface area contributed by atoms with Gasteiger partial charge in [-0.1, -0.05) is 6.07 Å². The van der Waals surface area contributed by atoms with Crippen LogP contribution < -0.4 is 4.74 Å². The van der Waals surface area contributed by atoms with Gasteiger partial charge in [0.05, 0.1) is 6.61 Å². The van der Waals surface area contributed by atoms with Crippen LogP contribution in [-0.4, -0.2) is 72.3 Å². The van der Waals surface area contributed by atoms with Crippen molar-refractivity contribution in [1.82, 2.24) is 14.7 Å². The van der Waals surface area contributed by atoms with Crippen molar-refractivity contribution in [3.05, 3.63) is 51.7 Å². The molecule has 0 radical (unpaired) electrons. The molecule has 0 spiro atoms. The Morgan fingerprint density at radius 2 is 1.74 bits per heavy atom. The summed E-state index contributed by atoms with van der Waals surface area (Å²) in [6.07, 6.45) is 0. The van der Waals surface area contributed by atoms with Gasteiger partial charge in [-0.2, -0.15) is 11.3 Å². The summed E-state index contributed by atoms with van der Waals surface area (Å²) in [5.41, 5.74) is 4.06. The zero-order valence-electron chi connectivity index (χ0n) is 15.8. The van der Waals surface area contributed by atoms with E-state index in [1.807, 2.05) is 0 Å². The van der Waals surface area contributed by atoms with Crippen molar-refractivity contribution in [1.29, 1.82) is 0 Å².